The molecule has 3 rings (SSSR count). The molecule has 1 N–H and O–H groups in total. The Bertz CT molecular complexity index is 867. The Morgan fingerprint density at radius 3 is 2.55 bits per heavy atom. The van der Waals surface area contributed by atoms with Gasteiger partial charge in [0, 0.05) is 23.2 Å². The predicted octanol–water partition coefficient (Wildman–Crippen LogP) is 5.56. The molecule has 0 unspecified atom stereocenters. The van der Waals surface area contributed by atoms with Gasteiger partial charge in [-0.3, -0.25) is 4.79 Å². The number of nitrogens with one attached hydrogen (secondary N) is 1. The lowest BCUT2D eigenvalue weighted by Gasteiger charge is -2.37. The highest BCUT2D eigenvalue weighted by atomic mass is 35.5. The van der Waals surface area contributed by atoms with Gasteiger partial charge < -0.3 is 14.8 Å². The van der Waals surface area contributed by atoms with E-state index in [4.69, 9.17) is 32.7 Å². The fourth-order valence-corrected chi connectivity index (χ4v) is 4.46. The minimum absolute atomic E-state index is 0.0561. The zero-order valence-corrected chi connectivity index (χ0v) is 18.3. The van der Waals surface area contributed by atoms with Crippen molar-refractivity contribution in [2.45, 2.75) is 44.4 Å². The monoisotopic (exact) mass is 436 g/mol. The molecule has 1 fully saturated rings. The van der Waals surface area contributed by atoms with Gasteiger partial charge in [0.25, 0.3) is 0 Å². The maximum atomic E-state index is 13.5. The maximum absolute atomic E-state index is 13.5. The molecule has 2 aromatic rings. The Morgan fingerprint density at radius 1 is 1.14 bits per heavy atom. The Balaban J connectivity index is 1.84. The van der Waals surface area contributed by atoms with Crippen LogP contribution < -0.4 is 10.1 Å². The summed E-state index contributed by atoms with van der Waals surface area (Å²) in [4.78, 5) is 17.9. The number of hydrogen-bond acceptors (Lipinski definition) is 4. The second kappa shape index (κ2) is 9.79. The standard InChI is InChI=1S/C22H26Cl2N2O3/c1-15-19(8-9-20(25-15)29-13-12-28-2)26-21(27)22(10-4-3-5-11-22)17-7-6-16(23)14-18(17)24/h6-9,14H,3-5,10-13H2,1-2H3,(H,26,27). The minimum atomic E-state index is -0.667. The van der Waals surface area contributed by atoms with Crippen LogP contribution in [0.3, 0.4) is 0 Å². The lowest BCUT2D eigenvalue weighted by atomic mass is 9.68. The van der Waals surface area contributed by atoms with Crippen LogP contribution in [0.4, 0.5) is 5.69 Å². The first kappa shape index (κ1) is 21.9. The van der Waals surface area contributed by atoms with Crippen LogP contribution in [0.1, 0.15) is 43.4 Å². The van der Waals surface area contributed by atoms with Crippen LogP contribution in [-0.4, -0.2) is 31.2 Å². The van der Waals surface area contributed by atoms with E-state index in [1.807, 2.05) is 19.1 Å². The van der Waals surface area contributed by atoms with Gasteiger partial charge >= 0.3 is 0 Å². The number of nitrogens with zero attached hydrogens (tertiary/aromatic N) is 1. The van der Waals surface area contributed by atoms with E-state index in [0.717, 1.165) is 37.7 Å². The van der Waals surface area contributed by atoms with Gasteiger partial charge in [-0.1, -0.05) is 48.5 Å². The van der Waals surface area contributed by atoms with Crippen LogP contribution in [0, 0.1) is 6.92 Å². The number of benzene rings is 1. The number of amides is 1. The summed E-state index contributed by atoms with van der Waals surface area (Å²) in [6.07, 6.45) is 4.59. The zero-order valence-electron chi connectivity index (χ0n) is 16.8. The van der Waals surface area contributed by atoms with E-state index in [-0.39, 0.29) is 5.91 Å². The summed E-state index contributed by atoms with van der Waals surface area (Å²) in [5.41, 5.74) is 1.54. The molecule has 1 aromatic heterocycles. The van der Waals surface area contributed by atoms with Crippen molar-refractivity contribution in [3.05, 3.63) is 51.6 Å². The summed E-state index contributed by atoms with van der Waals surface area (Å²) in [5.74, 6) is 0.449. The van der Waals surface area contributed by atoms with Crippen molar-refractivity contribution in [1.82, 2.24) is 4.98 Å². The topological polar surface area (TPSA) is 60.5 Å². The molecule has 0 atom stereocenters. The number of halogens is 2. The van der Waals surface area contributed by atoms with Crippen LogP contribution in [0.2, 0.25) is 10.0 Å². The molecule has 1 amide bonds. The van der Waals surface area contributed by atoms with Gasteiger partial charge in [0.1, 0.15) is 6.61 Å². The van der Waals surface area contributed by atoms with E-state index in [0.29, 0.717) is 40.5 Å². The number of aromatic nitrogens is 1. The van der Waals surface area contributed by atoms with E-state index in [9.17, 15) is 4.79 Å². The summed E-state index contributed by atoms with van der Waals surface area (Å²) < 4.78 is 10.5. The molecule has 0 saturated heterocycles. The molecule has 1 aliphatic rings. The molecular formula is C22H26Cl2N2O3. The van der Waals surface area contributed by atoms with Crippen LogP contribution in [0.15, 0.2) is 30.3 Å². The van der Waals surface area contributed by atoms with Crippen molar-refractivity contribution < 1.29 is 14.3 Å². The number of ether oxygens (including phenoxy) is 2. The smallest absolute Gasteiger partial charge is 0.235 e. The van der Waals surface area contributed by atoms with E-state index in [1.54, 1.807) is 25.3 Å². The third kappa shape index (κ3) is 5.03. The highest BCUT2D eigenvalue weighted by molar-refractivity contribution is 6.35. The second-order valence-corrected chi connectivity index (χ2v) is 8.19. The summed E-state index contributed by atoms with van der Waals surface area (Å²) >= 11 is 12.6. The van der Waals surface area contributed by atoms with Gasteiger partial charge in [0.15, 0.2) is 0 Å². The fraction of sp³-hybridized carbons (Fsp3) is 0.455. The Morgan fingerprint density at radius 2 is 1.90 bits per heavy atom. The normalized spacial score (nSPS) is 15.7. The second-order valence-electron chi connectivity index (χ2n) is 7.34. The molecule has 0 aliphatic heterocycles. The number of rotatable bonds is 7. The van der Waals surface area contributed by atoms with Crippen molar-refractivity contribution in [2.24, 2.45) is 0 Å². The average molecular weight is 437 g/mol. The maximum Gasteiger partial charge on any atom is 0.235 e. The van der Waals surface area contributed by atoms with E-state index in [1.165, 1.54) is 0 Å². The number of methoxy groups -OCH3 is 1. The summed E-state index contributed by atoms with van der Waals surface area (Å²) in [7, 11) is 1.62. The van der Waals surface area contributed by atoms with Gasteiger partial charge in [-0.2, -0.15) is 0 Å². The fourth-order valence-electron chi connectivity index (χ4n) is 3.87. The third-order valence-corrected chi connectivity index (χ3v) is 5.98. The van der Waals surface area contributed by atoms with Crippen molar-refractivity contribution in [3.8, 4) is 5.88 Å². The van der Waals surface area contributed by atoms with Crippen molar-refractivity contribution in [3.63, 3.8) is 0 Å². The molecule has 1 heterocycles. The molecule has 29 heavy (non-hydrogen) atoms. The van der Waals surface area contributed by atoms with Crippen LogP contribution in [-0.2, 0) is 14.9 Å². The number of hydrogen-bond donors (Lipinski definition) is 1. The first-order valence-corrected chi connectivity index (χ1v) is 10.6. The quantitative estimate of drug-likeness (QED) is 0.576. The first-order valence-electron chi connectivity index (χ1n) is 9.82. The highest BCUT2D eigenvalue weighted by Crippen LogP contribution is 2.44. The lowest BCUT2D eigenvalue weighted by Crippen LogP contribution is -2.42. The zero-order chi connectivity index (χ0) is 20.9. The van der Waals surface area contributed by atoms with Crippen LogP contribution in [0.5, 0.6) is 5.88 Å². The highest BCUT2D eigenvalue weighted by Gasteiger charge is 2.42. The van der Waals surface area contributed by atoms with Crippen LogP contribution in [0.25, 0.3) is 0 Å². The molecule has 0 bridgehead atoms. The van der Waals surface area contributed by atoms with Crippen LogP contribution >= 0.6 is 23.2 Å². The van der Waals surface area contributed by atoms with Crippen molar-refractivity contribution in [2.75, 3.05) is 25.6 Å². The first-order chi connectivity index (χ1) is 14.0. The van der Waals surface area contributed by atoms with E-state index >= 15 is 0 Å². The molecule has 1 saturated carbocycles. The molecule has 0 spiro atoms. The molecule has 5 nitrogen and oxygen atoms in total. The lowest BCUT2D eigenvalue weighted by molar-refractivity contribution is -0.122. The molecule has 1 aromatic carbocycles. The number of pyridine rings is 1. The van der Waals surface area contributed by atoms with E-state index < -0.39 is 5.41 Å². The molecule has 156 valence electrons. The van der Waals surface area contributed by atoms with E-state index in [2.05, 4.69) is 10.3 Å². The largest absolute Gasteiger partial charge is 0.475 e. The van der Waals surface area contributed by atoms with Gasteiger partial charge in [-0.25, -0.2) is 4.98 Å². The van der Waals surface area contributed by atoms with Gasteiger partial charge in [-0.05, 0) is 43.5 Å². The number of carbonyl (C=O) groups is 1. The number of aryl methyl sites for hydroxylation is 1. The molecule has 7 heteroatoms. The Kier molecular flexibility index (Phi) is 7.38. The SMILES string of the molecule is COCCOc1ccc(NC(=O)C2(c3ccc(Cl)cc3Cl)CCCCC2)c(C)n1. The Hall–Kier alpha value is -1.82. The van der Waals surface area contributed by atoms with Gasteiger partial charge in [-0.15, -0.1) is 0 Å². The number of anilines is 1. The summed E-state index contributed by atoms with van der Waals surface area (Å²) in [5, 5.41) is 4.18. The average Bonchev–Trinajstić information content (AvgIpc) is 2.70. The minimum Gasteiger partial charge on any atom is -0.475 e. The molecular weight excluding hydrogens is 411 g/mol. The Labute approximate surface area is 181 Å². The van der Waals surface area contributed by atoms with Gasteiger partial charge in [0.2, 0.25) is 11.8 Å². The van der Waals surface area contributed by atoms with Gasteiger partial charge in [0.05, 0.1) is 23.4 Å². The number of carbonyl (C=O) groups excluding carboxylic acids is 1. The summed E-state index contributed by atoms with van der Waals surface area (Å²) in [6, 6.07) is 8.96. The third-order valence-electron chi connectivity index (χ3n) is 5.43. The predicted molar refractivity (Wildman–Crippen MR) is 116 cm³/mol. The van der Waals surface area contributed by atoms with Crippen molar-refractivity contribution >= 4 is 34.8 Å². The molecule has 1 aliphatic carbocycles. The molecule has 0 radical (unpaired) electrons. The van der Waals surface area contributed by atoms with Crippen molar-refractivity contribution in [1.29, 1.82) is 0 Å². The summed E-state index contributed by atoms with van der Waals surface area (Å²) in [6.45, 7) is 2.76.